The molecular formula is C13H15N3O. The number of fused-ring (bicyclic) bond motifs is 1. The summed E-state index contributed by atoms with van der Waals surface area (Å²) in [6.07, 6.45) is 1.87. The van der Waals surface area contributed by atoms with Gasteiger partial charge in [-0.3, -0.25) is 4.79 Å². The number of para-hydroxylation sites is 1. The third kappa shape index (κ3) is 1.80. The maximum atomic E-state index is 12.4. The van der Waals surface area contributed by atoms with E-state index in [1.165, 1.54) is 0 Å². The van der Waals surface area contributed by atoms with Gasteiger partial charge >= 0.3 is 0 Å². The van der Waals surface area contributed by atoms with Crippen LogP contribution < -0.4 is 5.32 Å². The number of aromatic nitrogens is 1. The normalized spacial score (nSPS) is 16.4. The molecule has 1 fully saturated rings. The molecule has 2 aromatic rings. The number of rotatable bonds is 1. The number of carbonyl (C=O) groups is 1. The quantitative estimate of drug-likeness (QED) is 0.772. The molecule has 4 heteroatoms. The molecule has 0 spiro atoms. The van der Waals surface area contributed by atoms with Crippen molar-refractivity contribution in [2.24, 2.45) is 0 Å². The van der Waals surface area contributed by atoms with Gasteiger partial charge in [0.05, 0.1) is 11.1 Å². The average molecular weight is 229 g/mol. The van der Waals surface area contributed by atoms with E-state index < -0.39 is 0 Å². The molecule has 0 radical (unpaired) electrons. The maximum absolute atomic E-state index is 12.4. The largest absolute Gasteiger partial charge is 0.361 e. The Hall–Kier alpha value is -1.81. The molecule has 17 heavy (non-hydrogen) atoms. The number of aromatic amines is 1. The van der Waals surface area contributed by atoms with Gasteiger partial charge in [0.2, 0.25) is 0 Å². The molecule has 1 amide bonds. The molecule has 0 bridgehead atoms. The third-order valence-corrected chi connectivity index (χ3v) is 3.22. The third-order valence-electron chi connectivity index (χ3n) is 3.22. The lowest BCUT2D eigenvalue weighted by Crippen LogP contribution is -2.46. The van der Waals surface area contributed by atoms with Gasteiger partial charge in [0.25, 0.3) is 5.91 Å². The maximum Gasteiger partial charge on any atom is 0.256 e. The van der Waals surface area contributed by atoms with Crippen molar-refractivity contribution < 1.29 is 4.79 Å². The lowest BCUT2D eigenvalue weighted by molar-refractivity contribution is 0.0737. The van der Waals surface area contributed by atoms with Crippen molar-refractivity contribution in [3.63, 3.8) is 0 Å². The molecule has 3 rings (SSSR count). The molecule has 2 N–H and O–H groups in total. The summed E-state index contributed by atoms with van der Waals surface area (Å²) in [6.45, 7) is 3.34. The molecule has 1 aromatic carbocycles. The zero-order valence-corrected chi connectivity index (χ0v) is 9.57. The zero-order chi connectivity index (χ0) is 11.7. The first-order chi connectivity index (χ1) is 8.36. The van der Waals surface area contributed by atoms with Crippen LogP contribution in [0.5, 0.6) is 0 Å². The number of amides is 1. The van der Waals surface area contributed by atoms with Crippen LogP contribution >= 0.6 is 0 Å². The summed E-state index contributed by atoms with van der Waals surface area (Å²) in [5, 5.41) is 4.34. The summed E-state index contributed by atoms with van der Waals surface area (Å²) < 4.78 is 0. The second-order valence-electron chi connectivity index (χ2n) is 4.29. The summed E-state index contributed by atoms with van der Waals surface area (Å²) in [4.78, 5) is 17.4. The topological polar surface area (TPSA) is 48.1 Å². The van der Waals surface area contributed by atoms with Crippen LogP contribution in [0.1, 0.15) is 10.4 Å². The molecule has 4 nitrogen and oxygen atoms in total. The standard InChI is InChI=1S/C13H15N3O/c17-13(16-8-6-14-7-9-16)11-3-1-2-10-4-5-15-12(10)11/h1-5,14-15H,6-9H2. The summed E-state index contributed by atoms with van der Waals surface area (Å²) in [7, 11) is 0. The van der Waals surface area contributed by atoms with Crippen molar-refractivity contribution in [3.05, 3.63) is 36.0 Å². The van der Waals surface area contributed by atoms with Crippen molar-refractivity contribution >= 4 is 16.8 Å². The van der Waals surface area contributed by atoms with Gasteiger partial charge in [-0.1, -0.05) is 12.1 Å². The number of carbonyl (C=O) groups excluding carboxylic acids is 1. The fourth-order valence-corrected chi connectivity index (χ4v) is 2.30. The Morgan fingerprint density at radius 1 is 1.18 bits per heavy atom. The van der Waals surface area contributed by atoms with Crippen LogP contribution in [0, 0.1) is 0 Å². The molecule has 1 aliphatic rings. The molecule has 0 atom stereocenters. The summed E-state index contributed by atoms with van der Waals surface area (Å²) in [5.41, 5.74) is 1.71. The van der Waals surface area contributed by atoms with E-state index in [9.17, 15) is 4.79 Å². The summed E-state index contributed by atoms with van der Waals surface area (Å²) >= 11 is 0. The number of piperazine rings is 1. The van der Waals surface area contributed by atoms with E-state index in [0.717, 1.165) is 42.6 Å². The second-order valence-corrected chi connectivity index (χ2v) is 4.29. The number of hydrogen-bond acceptors (Lipinski definition) is 2. The molecule has 1 aromatic heterocycles. The van der Waals surface area contributed by atoms with E-state index in [2.05, 4.69) is 10.3 Å². The monoisotopic (exact) mass is 229 g/mol. The smallest absolute Gasteiger partial charge is 0.256 e. The highest BCUT2D eigenvalue weighted by atomic mass is 16.2. The highest BCUT2D eigenvalue weighted by Gasteiger charge is 2.19. The fraction of sp³-hybridized carbons (Fsp3) is 0.308. The minimum absolute atomic E-state index is 0.125. The van der Waals surface area contributed by atoms with E-state index in [0.29, 0.717) is 0 Å². The number of nitrogens with zero attached hydrogens (tertiary/aromatic N) is 1. The Kier molecular flexibility index (Phi) is 2.57. The zero-order valence-electron chi connectivity index (χ0n) is 9.57. The van der Waals surface area contributed by atoms with E-state index in [4.69, 9.17) is 0 Å². The first-order valence-electron chi connectivity index (χ1n) is 5.92. The van der Waals surface area contributed by atoms with Crippen molar-refractivity contribution in [2.75, 3.05) is 26.2 Å². The van der Waals surface area contributed by atoms with Crippen LogP contribution in [0.15, 0.2) is 30.5 Å². The molecule has 1 saturated heterocycles. The van der Waals surface area contributed by atoms with Crippen LogP contribution in [-0.2, 0) is 0 Å². The van der Waals surface area contributed by atoms with E-state index in [1.54, 1.807) is 0 Å². The van der Waals surface area contributed by atoms with Crippen molar-refractivity contribution in [1.29, 1.82) is 0 Å². The Labute approximate surface area is 99.6 Å². The van der Waals surface area contributed by atoms with Crippen molar-refractivity contribution in [3.8, 4) is 0 Å². The Morgan fingerprint density at radius 3 is 2.82 bits per heavy atom. The van der Waals surface area contributed by atoms with Crippen LogP contribution in [0.4, 0.5) is 0 Å². The summed E-state index contributed by atoms with van der Waals surface area (Å²) in [5.74, 6) is 0.125. The first kappa shape index (κ1) is 10.4. The Morgan fingerprint density at radius 2 is 2.00 bits per heavy atom. The predicted molar refractivity (Wildman–Crippen MR) is 67.1 cm³/mol. The van der Waals surface area contributed by atoms with E-state index >= 15 is 0 Å². The van der Waals surface area contributed by atoms with Gasteiger partial charge in [-0.2, -0.15) is 0 Å². The second kappa shape index (κ2) is 4.22. The van der Waals surface area contributed by atoms with Crippen LogP contribution in [0.25, 0.3) is 10.9 Å². The van der Waals surface area contributed by atoms with Gasteiger partial charge in [0.15, 0.2) is 0 Å². The van der Waals surface area contributed by atoms with Crippen molar-refractivity contribution in [2.45, 2.75) is 0 Å². The van der Waals surface area contributed by atoms with Gasteiger partial charge in [0.1, 0.15) is 0 Å². The number of nitrogens with one attached hydrogen (secondary N) is 2. The van der Waals surface area contributed by atoms with Crippen LogP contribution in [0.3, 0.4) is 0 Å². The number of hydrogen-bond donors (Lipinski definition) is 2. The Bertz CT molecular complexity index is 540. The van der Waals surface area contributed by atoms with Gasteiger partial charge in [-0.25, -0.2) is 0 Å². The molecule has 0 unspecified atom stereocenters. The van der Waals surface area contributed by atoms with E-state index in [-0.39, 0.29) is 5.91 Å². The molecular weight excluding hydrogens is 214 g/mol. The number of H-pyrrole nitrogens is 1. The lowest BCUT2D eigenvalue weighted by atomic mass is 10.1. The van der Waals surface area contributed by atoms with Crippen LogP contribution in [0.2, 0.25) is 0 Å². The molecule has 1 aliphatic heterocycles. The minimum Gasteiger partial charge on any atom is -0.361 e. The molecule has 88 valence electrons. The molecule has 2 heterocycles. The van der Waals surface area contributed by atoms with Gasteiger partial charge in [0, 0.05) is 37.8 Å². The number of benzene rings is 1. The fourth-order valence-electron chi connectivity index (χ4n) is 2.30. The van der Waals surface area contributed by atoms with E-state index in [1.807, 2.05) is 35.4 Å². The minimum atomic E-state index is 0.125. The highest BCUT2D eigenvalue weighted by molar-refractivity contribution is 6.05. The van der Waals surface area contributed by atoms with Crippen molar-refractivity contribution in [1.82, 2.24) is 15.2 Å². The van der Waals surface area contributed by atoms with Gasteiger partial charge < -0.3 is 15.2 Å². The van der Waals surface area contributed by atoms with Gasteiger partial charge in [-0.05, 0) is 12.1 Å². The first-order valence-corrected chi connectivity index (χ1v) is 5.92. The SMILES string of the molecule is O=C(c1cccc2cc[nH]c12)N1CCNCC1. The highest BCUT2D eigenvalue weighted by Crippen LogP contribution is 2.18. The van der Waals surface area contributed by atoms with Crippen LogP contribution in [-0.4, -0.2) is 42.0 Å². The lowest BCUT2D eigenvalue weighted by Gasteiger charge is -2.27. The summed E-state index contributed by atoms with van der Waals surface area (Å²) in [6, 6.07) is 7.83. The van der Waals surface area contributed by atoms with Gasteiger partial charge in [-0.15, -0.1) is 0 Å². The molecule has 0 aliphatic carbocycles. The molecule has 0 saturated carbocycles. The Balaban J connectivity index is 1.97. The predicted octanol–water partition coefficient (Wildman–Crippen LogP) is 1.21. The average Bonchev–Trinajstić information content (AvgIpc) is 2.87.